The molecule has 0 bridgehead atoms. The first-order valence-corrected chi connectivity index (χ1v) is 9.05. The standard InChI is InChI=1S/C19H20F2N4O2/c20-12-1-4-15(21)17(9-12)27-10-18(26)25-7-5-14-16(6-8-25)22-11-23-19(14)24-13-2-3-13/h1,4,9,11,13H,2-3,5-8,10H2,(H,22,23,24). The molecule has 0 atom stereocenters. The van der Waals surface area contributed by atoms with Gasteiger partial charge in [-0.2, -0.15) is 0 Å². The molecule has 0 radical (unpaired) electrons. The van der Waals surface area contributed by atoms with Gasteiger partial charge in [-0.05, 0) is 31.4 Å². The summed E-state index contributed by atoms with van der Waals surface area (Å²) in [6.07, 6.45) is 5.12. The fraction of sp³-hybridized carbons (Fsp3) is 0.421. The Balaban J connectivity index is 1.39. The molecule has 4 rings (SSSR count). The van der Waals surface area contributed by atoms with Crippen LogP contribution in [0.25, 0.3) is 0 Å². The quantitative estimate of drug-likeness (QED) is 0.870. The zero-order valence-electron chi connectivity index (χ0n) is 14.8. The van der Waals surface area contributed by atoms with E-state index in [0.29, 0.717) is 32.0 Å². The average molecular weight is 374 g/mol. The van der Waals surface area contributed by atoms with Crippen LogP contribution in [0.5, 0.6) is 5.75 Å². The highest BCUT2D eigenvalue weighted by atomic mass is 19.1. The number of aromatic nitrogens is 2. The minimum absolute atomic E-state index is 0.261. The first kappa shape index (κ1) is 17.6. The first-order valence-electron chi connectivity index (χ1n) is 9.05. The van der Waals surface area contributed by atoms with Gasteiger partial charge in [0.2, 0.25) is 0 Å². The van der Waals surface area contributed by atoms with E-state index in [4.69, 9.17) is 4.74 Å². The van der Waals surface area contributed by atoms with Gasteiger partial charge in [0.05, 0.1) is 5.69 Å². The summed E-state index contributed by atoms with van der Waals surface area (Å²) < 4.78 is 32.0. The van der Waals surface area contributed by atoms with Gasteiger partial charge in [-0.3, -0.25) is 4.79 Å². The van der Waals surface area contributed by atoms with Gasteiger partial charge >= 0.3 is 0 Å². The molecule has 2 aliphatic rings. The number of nitrogens with zero attached hydrogens (tertiary/aromatic N) is 3. The molecule has 1 N–H and O–H groups in total. The van der Waals surface area contributed by atoms with Crippen molar-refractivity contribution in [1.29, 1.82) is 0 Å². The molecule has 6 nitrogen and oxygen atoms in total. The molecule has 1 aliphatic heterocycles. The van der Waals surface area contributed by atoms with Crippen LogP contribution >= 0.6 is 0 Å². The van der Waals surface area contributed by atoms with E-state index in [1.165, 1.54) is 0 Å². The third-order valence-electron chi connectivity index (χ3n) is 4.80. The van der Waals surface area contributed by atoms with Gasteiger partial charge in [-0.25, -0.2) is 18.7 Å². The average Bonchev–Trinajstić information content (AvgIpc) is 3.49. The lowest BCUT2D eigenvalue weighted by Crippen LogP contribution is -2.36. The Labute approximate surface area is 155 Å². The summed E-state index contributed by atoms with van der Waals surface area (Å²) >= 11 is 0. The number of carbonyl (C=O) groups is 1. The number of amides is 1. The molecule has 1 amide bonds. The van der Waals surface area contributed by atoms with Crippen molar-refractivity contribution < 1.29 is 18.3 Å². The normalized spacial score (nSPS) is 16.4. The van der Waals surface area contributed by atoms with E-state index in [0.717, 1.165) is 48.1 Å². The Kier molecular flexibility index (Phi) is 4.87. The molecule has 1 fully saturated rings. The number of ether oxygens (including phenoxy) is 1. The molecule has 0 saturated heterocycles. The molecule has 1 saturated carbocycles. The van der Waals surface area contributed by atoms with Crippen molar-refractivity contribution in [3.05, 3.63) is 47.4 Å². The molecular formula is C19H20F2N4O2. The van der Waals surface area contributed by atoms with E-state index in [2.05, 4.69) is 15.3 Å². The second-order valence-electron chi connectivity index (χ2n) is 6.81. The molecular weight excluding hydrogens is 354 g/mol. The Hall–Kier alpha value is -2.77. The molecule has 1 aromatic heterocycles. The fourth-order valence-electron chi connectivity index (χ4n) is 3.14. The van der Waals surface area contributed by atoms with Crippen LogP contribution in [0.15, 0.2) is 24.5 Å². The lowest BCUT2D eigenvalue weighted by Gasteiger charge is -2.20. The summed E-state index contributed by atoms with van der Waals surface area (Å²) in [7, 11) is 0. The van der Waals surface area contributed by atoms with Gasteiger partial charge in [0.1, 0.15) is 18.0 Å². The third kappa shape index (κ3) is 4.15. The molecule has 0 spiro atoms. The Morgan fingerprint density at radius 1 is 1.22 bits per heavy atom. The number of carbonyl (C=O) groups excluding carboxylic acids is 1. The zero-order chi connectivity index (χ0) is 18.8. The van der Waals surface area contributed by atoms with Crippen molar-refractivity contribution in [2.45, 2.75) is 31.7 Å². The van der Waals surface area contributed by atoms with Gasteiger partial charge < -0.3 is 15.0 Å². The molecule has 2 aromatic rings. The summed E-state index contributed by atoms with van der Waals surface area (Å²) in [5.41, 5.74) is 2.00. The van der Waals surface area contributed by atoms with Crippen molar-refractivity contribution >= 4 is 11.7 Å². The third-order valence-corrected chi connectivity index (χ3v) is 4.80. The van der Waals surface area contributed by atoms with Gasteiger partial charge in [0, 0.05) is 37.2 Å². The highest BCUT2D eigenvalue weighted by molar-refractivity contribution is 5.78. The molecule has 0 unspecified atom stereocenters. The second kappa shape index (κ2) is 7.46. The molecule has 27 heavy (non-hydrogen) atoms. The van der Waals surface area contributed by atoms with Crippen molar-refractivity contribution in [3.63, 3.8) is 0 Å². The predicted octanol–water partition coefficient (Wildman–Crippen LogP) is 2.34. The Morgan fingerprint density at radius 3 is 2.85 bits per heavy atom. The van der Waals surface area contributed by atoms with E-state index in [9.17, 15) is 13.6 Å². The first-order chi connectivity index (χ1) is 13.1. The predicted molar refractivity (Wildman–Crippen MR) is 94.5 cm³/mol. The Bertz CT molecular complexity index is 858. The fourth-order valence-corrected chi connectivity index (χ4v) is 3.14. The van der Waals surface area contributed by atoms with Crippen LogP contribution < -0.4 is 10.1 Å². The summed E-state index contributed by atoms with van der Waals surface area (Å²) in [5, 5.41) is 3.42. The van der Waals surface area contributed by atoms with E-state index in [1.807, 2.05) is 0 Å². The van der Waals surface area contributed by atoms with E-state index in [-0.39, 0.29) is 18.3 Å². The lowest BCUT2D eigenvalue weighted by atomic mass is 10.1. The molecule has 2 heterocycles. The second-order valence-corrected chi connectivity index (χ2v) is 6.81. The molecule has 1 aliphatic carbocycles. The highest BCUT2D eigenvalue weighted by Gasteiger charge is 2.26. The number of hydrogen-bond acceptors (Lipinski definition) is 5. The summed E-state index contributed by atoms with van der Waals surface area (Å²) in [4.78, 5) is 22.9. The highest BCUT2D eigenvalue weighted by Crippen LogP contribution is 2.27. The maximum absolute atomic E-state index is 13.6. The smallest absolute Gasteiger partial charge is 0.260 e. The van der Waals surface area contributed by atoms with Gasteiger partial charge in [0.25, 0.3) is 5.91 Å². The summed E-state index contributed by atoms with van der Waals surface area (Å²) in [6, 6.07) is 3.40. The van der Waals surface area contributed by atoms with Gasteiger partial charge in [-0.1, -0.05) is 0 Å². The van der Waals surface area contributed by atoms with E-state index < -0.39 is 11.6 Å². The zero-order valence-corrected chi connectivity index (χ0v) is 14.8. The van der Waals surface area contributed by atoms with Crippen LogP contribution in [0.4, 0.5) is 14.6 Å². The summed E-state index contributed by atoms with van der Waals surface area (Å²) in [5.74, 6) is -0.980. The minimum Gasteiger partial charge on any atom is -0.481 e. The van der Waals surface area contributed by atoms with Crippen molar-refractivity contribution in [2.75, 3.05) is 25.0 Å². The maximum Gasteiger partial charge on any atom is 0.260 e. The largest absolute Gasteiger partial charge is 0.481 e. The van der Waals surface area contributed by atoms with Crippen LogP contribution in [-0.4, -0.2) is 46.5 Å². The number of hydrogen-bond donors (Lipinski definition) is 1. The Morgan fingerprint density at radius 2 is 2.04 bits per heavy atom. The van der Waals surface area contributed by atoms with Crippen LogP contribution in [0.3, 0.4) is 0 Å². The maximum atomic E-state index is 13.6. The van der Waals surface area contributed by atoms with Crippen LogP contribution in [0.1, 0.15) is 24.1 Å². The summed E-state index contributed by atoms with van der Waals surface area (Å²) in [6.45, 7) is 0.670. The van der Waals surface area contributed by atoms with Crippen LogP contribution in [-0.2, 0) is 17.6 Å². The number of anilines is 1. The van der Waals surface area contributed by atoms with E-state index >= 15 is 0 Å². The van der Waals surface area contributed by atoms with Gasteiger partial charge in [-0.15, -0.1) is 0 Å². The van der Waals surface area contributed by atoms with E-state index in [1.54, 1.807) is 11.2 Å². The monoisotopic (exact) mass is 374 g/mol. The number of fused-ring (bicyclic) bond motifs is 1. The van der Waals surface area contributed by atoms with Crippen LogP contribution in [0, 0.1) is 11.6 Å². The van der Waals surface area contributed by atoms with Crippen molar-refractivity contribution in [2.24, 2.45) is 0 Å². The number of halogens is 2. The van der Waals surface area contributed by atoms with Gasteiger partial charge in [0.15, 0.2) is 18.2 Å². The topological polar surface area (TPSA) is 67.3 Å². The SMILES string of the molecule is O=C(COc1cc(F)ccc1F)N1CCc2ncnc(NC3CC3)c2CC1. The lowest BCUT2D eigenvalue weighted by molar-refractivity contribution is -0.133. The number of benzene rings is 1. The number of rotatable bonds is 5. The van der Waals surface area contributed by atoms with Crippen LogP contribution in [0.2, 0.25) is 0 Å². The number of nitrogens with one attached hydrogen (secondary N) is 1. The molecule has 142 valence electrons. The minimum atomic E-state index is -0.696. The van der Waals surface area contributed by atoms with Crippen molar-refractivity contribution in [1.82, 2.24) is 14.9 Å². The van der Waals surface area contributed by atoms with Crippen molar-refractivity contribution in [3.8, 4) is 5.75 Å². The molecule has 8 heteroatoms. The molecule has 1 aromatic carbocycles.